The molecule has 2 heteroatoms. The number of halogens is 1. The van der Waals surface area contributed by atoms with Crippen molar-refractivity contribution in [1.29, 1.82) is 0 Å². The molecule has 0 aliphatic rings. The van der Waals surface area contributed by atoms with Crippen molar-refractivity contribution in [3.8, 4) is 5.92 Å². The van der Waals surface area contributed by atoms with Crippen molar-refractivity contribution in [2.24, 2.45) is 0 Å². The largest absolute Gasteiger partial charge is 1.00 e. The summed E-state index contributed by atoms with van der Waals surface area (Å²) in [4.78, 5) is 0. The summed E-state index contributed by atoms with van der Waals surface area (Å²) in [6.45, 7) is 1.54. The third-order valence-electron chi connectivity index (χ3n) is 0. The van der Waals surface area contributed by atoms with Crippen LogP contribution in [0.2, 0.25) is 0 Å². The second kappa shape index (κ2) is 21.0. The van der Waals surface area contributed by atoms with Crippen molar-refractivity contribution in [1.82, 2.24) is 0 Å². The van der Waals surface area contributed by atoms with Gasteiger partial charge in [0, 0.05) is 0 Å². The molecular weight excluding hydrogens is 94.5 g/mol. The number of hydrogen-bond donors (Lipinski definition) is 0. The third-order valence-corrected chi connectivity index (χ3v) is 0. The molecule has 1 radical (unpaired) electrons. The van der Waals surface area contributed by atoms with Gasteiger partial charge in [-0.15, -0.1) is 0 Å². The molecule has 0 saturated heterocycles. The van der Waals surface area contributed by atoms with Crippen molar-refractivity contribution in [3.05, 3.63) is 6.42 Å². The number of hydrogen-bond acceptors (Lipinski definition) is 0. The van der Waals surface area contributed by atoms with Gasteiger partial charge >= 0.3 is 29.6 Å². The molecule has 5 heavy (non-hydrogen) atoms. The molecule has 0 rings (SSSR count). The topological polar surface area (TPSA) is 0 Å². The van der Waals surface area contributed by atoms with Crippen molar-refractivity contribution in [3.63, 3.8) is 0 Å². The molecule has 0 atom stereocenters. The first kappa shape index (κ1) is 16.9. The first-order valence-electron chi connectivity index (χ1n) is 0.750. The van der Waals surface area contributed by atoms with Crippen LogP contribution >= 0.6 is 0 Å². The molecule has 0 bridgehead atoms. The van der Waals surface area contributed by atoms with Gasteiger partial charge in [-0.25, -0.2) is 0 Å². The fraction of sp³-hybridized carbons (Fsp3) is 0.333. The van der Waals surface area contributed by atoms with Crippen LogP contribution in [0, 0.1) is 12.3 Å². The van der Waals surface area contributed by atoms with Crippen molar-refractivity contribution in [2.75, 3.05) is 0 Å². The second-order valence-electron chi connectivity index (χ2n) is 0.250. The zero-order valence-corrected chi connectivity index (χ0v) is 6.13. The van der Waals surface area contributed by atoms with Gasteiger partial charge in [0.15, 0.2) is 0 Å². The quantitative estimate of drug-likeness (QED) is 0.209. The van der Waals surface area contributed by atoms with Gasteiger partial charge in [-0.05, 0) is 13.3 Å². The molecule has 0 aliphatic heterocycles. The van der Waals surface area contributed by atoms with Gasteiger partial charge in [0.25, 0.3) is 0 Å². The van der Waals surface area contributed by atoms with Gasteiger partial charge in [-0.1, -0.05) is 5.92 Å². The molecule has 0 unspecified atom stereocenters. The molecule has 0 amide bonds. The zero-order chi connectivity index (χ0) is 2.71. The van der Waals surface area contributed by atoms with E-state index in [1.807, 2.05) is 5.92 Å². The van der Waals surface area contributed by atoms with E-state index in [0.717, 1.165) is 0 Å². The molecule has 0 fully saturated rings. The maximum atomic E-state index is 5.96. The van der Waals surface area contributed by atoms with Crippen LogP contribution in [0.3, 0.4) is 0 Å². The van der Waals surface area contributed by atoms with E-state index in [0.29, 0.717) is 0 Å². The van der Waals surface area contributed by atoms with Crippen LogP contribution in [0.4, 0.5) is 0 Å². The maximum Gasteiger partial charge on any atom is 1.00 e. The summed E-state index contributed by atoms with van der Waals surface area (Å²) in [5.74, 6) is 2.00. The van der Waals surface area contributed by atoms with E-state index in [1.54, 1.807) is 6.92 Å². The minimum absolute atomic E-state index is 0. The Morgan fingerprint density at radius 2 is 1.60 bits per heavy atom. The first-order chi connectivity index (χ1) is 1.41. The van der Waals surface area contributed by atoms with Gasteiger partial charge in [0.05, 0.1) is 0 Å². The van der Waals surface area contributed by atoms with Crippen LogP contribution in [0.5, 0.6) is 0 Å². The van der Waals surface area contributed by atoms with Crippen LogP contribution in [-0.2, 0) is 0 Å². The molecule has 23 valence electrons. The summed E-state index contributed by atoms with van der Waals surface area (Å²) in [6.07, 6.45) is 5.96. The molecule has 0 saturated carbocycles. The van der Waals surface area contributed by atoms with Gasteiger partial charge in [0.1, 0.15) is 0 Å². The molecule has 0 spiro atoms. The fourth-order valence-corrected chi connectivity index (χ4v) is 0. The monoisotopic (exact) mass is 97.0 g/mol. The van der Waals surface area contributed by atoms with E-state index in [2.05, 4.69) is 0 Å². The molecule has 0 nitrogen and oxygen atoms in total. The van der Waals surface area contributed by atoms with Gasteiger partial charge in [-0.3, -0.25) is 0 Å². The molecule has 0 aliphatic carbocycles. The van der Waals surface area contributed by atoms with E-state index >= 15 is 0 Å². The fourth-order valence-electron chi connectivity index (χ4n) is 0. The Morgan fingerprint density at radius 3 is 1.60 bits per heavy atom. The Kier molecular flexibility index (Phi) is 71.2. The molecule has 0 aromatic rings. The minimum Gasteiger partial charge on any atom is -1.00 e. The second-order valence-corrected chi connectivity index (χ2v) is 0.250. The van der Waals surface area contributed by atoms with Crippen LogP contribution in [0.15, 0.2) is 0 Å². The first-order valence-corrected chi connectivity index (χ1v) is 0.750. The Balaban J connectivity index is -0.0000000200. The summed E-state index contributed by atoms with van der Waals surface area (Å²) >= 11 is 0. The SMILES string of the molecule is [C]#CC.[Cl-].[Na+]. The van der Waals surface area contributed by atoms with Crippen molar-refractivity contribution >= 4 is 0 Å². The minimum atomic E-state index is 0. The average molecular weight is 97.5 g/mol. The van der Waals surface area contributed by atoms with Crippen LogP contribution < -0.4 is 42.0 Å². The van der Waals surface area contributed by atoms with E-state index in [4.69, 9.17) is 6.42 Å². The normalized spacial score (nSPS) is 1.60. The summed E-state index contributed by atoms with van der Waals surface area (Å²) in [5, 5.41) is 0. The standard InChI is InChI=1S/C3H3.ClH.Na/c1-3-2;;/h1H3;1H;/q;;+1/p-1. The molecule has 0 aromatic heterocycles. The predicted molar refractivity (Wildman–Crippen MR) is 12.8 cm³/mol. The predicted octanol–water partition coefficient (Wildman–Crippen LogP) is -5.40. The van der Waals surface area contributed by atoms with E-state index in [-0.39, 0.29) is 42.0 Å². The molecule has 0 N–H and O–H groups in total. The Bertz CT molecular complexity index is 28.4. The molecule has 0 heterocycles. The number of rotatable bonds is 0. The van der Waals surface area contributed by atoms with Crippen molar-refractivity contribution < 1.29 is 42.0 Å². The zero-order valence-electron chi connectivity index (χ0n) is 3.38. The van der Waals surface area contributed by atoms with E-state index in [9.17, 15) is 0 Å². The van der Waals surface area contributed by atoms with Gasteiger partial charge in [0.2, 0.25) is 0 Å². The van der Waals surface area contributed by atoms with Gasteiger partial charge < -0.3 is 12.4 Å². The van der Waals surface area contributed by atoms with Gasteiger partial charge in [-0.2, -0.15) is 0 Å². The van der Waals surface area contributed by atoms with E-state index in [1.165, 1.54) is 0 Å². The third kappa shape index (κ3) is 54.5. The summed E-state index contributed by atoms with van der Waals surface area (Å²) in [6, 6.07) is 0. The smallest absolute Gasteiger partial charge is 1.00 e. The Morgan fingerprint density at radius 1 is 1.60 bits per heavy atom. The van der Waals surface area contributed by atoms with Crippen molar-refractivity contribution in [2.45, 2.75) is 6.92 Å². The Labute approximate surface area is 61.0 Å². The Hall–Kier alpha value is 0.850. The van der Waals surface area contributed by atoms with Crippen LogP contribution in [0.1, 0.15) is 6.92 Å². The molecule has 0 aromatic carbocycles. The summed E-state index contributed by atoms with van der Waals surface area (Å²) in [5.41, 5.74) is 0. The average Bonchev–Trinajstić information content (AvgIpc) is 0.918. The van der Waals surface area contributed by atoms with E-state index < -0.39 is 0 Å². The van der Waals surface area contributed by atoms with Crippen LogP contribution in [-0.4, -0.2) is 0 Å². The van der Waals surface area contributed by atoms with Crippen LogP contribution in [0.25, 0.3) is 0 Å². The summed E-state index contributed by atoms with van der Waals surface area (Å²) in [7, 11) is 0. The molecular formula is C3H3ClNa. The summed E-state index contributed by atoms with van der Waals surface area (Å²) < 4.78 is 0. The maximum absolute atomic E-state index is 5.96.